The van der Waals surface area contributed by atoms with Crippen LogP contribution >= 0.6 is 0 Å². The van der Waals surface area contributed by atoms with Crippen LogP contribution in [-0.2, 0) is 14.4 Å². The normalized spacial score (nSPS) is 17.3. The number of hydrogen-bond donors (Lipinski definition) is 2. The number of nitrogens with zero attached hydrogens (tertiary/aromatic N) is 1. The van der Waals surface area contributed by atoms with Gasteiger partial charge in [0.05, 0.1) is 5.41 Å². The van der Waals surface area contributed by atoms with Crippen LogP contribution in [0.5, 0.6) is 0 Å². The smallest absolute Gasteiger partial charge is 0.309 e. The molecule has 0 bridgehead atoms. The lowest BCUT2D eigenvalue weighted by molar-refractivity contribution is -0.153. The zero-order valence-corrected chi connectivity index (χ0v) is 13.0. The number of carbonyl (C=O) groups excluding carboxylic acids is 2. The van der Waals surface area contributed by atoms with Crippen LogP contribution in [0.15, 0.2) is 0 Å². The van der Waals surface area contributed by atoms with Crippen LogP contribution in [0.2, 0.25) is 0 Å². The van der Waals surface area contributed by atoms with E-state index in [9.17, 15) is 14.4 Å². The molecule has 0 aromatic rings. The van der Waals surface area contributed by atoms with Crippen molar-refractivity contribution in [1.82, 2.24) is 10.2 Å². The van der Waals surface area contributed by atoms with Crippen LogP contribution in [0.3, 0.4) is 0 Å². The van der Waals surface area contributed by atoms with E-state index in [-0.39, 0.29) is 11.8 Å². The molecule has 6 heteroatoms. The molecule has 0 saturated carbocycles. The molecule has 1 fully saturated rings. The Bertz CT molecular complexity index is 387. The molecule has 21 heavy (non-hydrogen) atoms. The van der Waals surface area contributed by atoms with Gasteiger partial charge in [-0.3, -0.25) is 14.4 Å². The number of carboxylic acid groups (broad SMARTS) is 1. The Labute approximate surface area is 125 Å². The summed E-state index contributed by atoms with van der Waals surface area (Å²) in [5.74, 6) is -0.685. The van der Waals surface area contributed by atoms with Gasteiger partial charge in [0, 0.05) is 33.0 Å². The van der Waals surface area contributed by atoms with Crippen molar-refractivity contribution >= 4 is 17.8 Å². The summed E-state index contributed by atoms with van der Waals surface area (Å²) < 4.78 is 0. The van der Waals surface area contributed by atoms with Crippen molar-refractivity contribution in [2.24, 2.45) is 5.41 Å². The summed E-state index contributed by atoms with van der Waals surface area (Å²) >= 11 is 0. The highest BCUT2D eigenvalue weighted by Gasteiger charge is 2.37. The van der Waals surface area contributed by atoms with Crippen LogP contribution in [0.25, 0.3) is 0 Å². The highest BCUT2D eigenvalue weighted by molar-refractivity contribution is 5.78. The average Bonchev–Trinajstić information content (AvgIpc) is 2.42. The van der Waals surface area contributed by atoms with Crippen molar-refractivity contribution in [2.75, 3.05) is 19.6 Å². The molecule has 2 amide bonds. The highest BCUT2D eigenvalue weighted by Crippen LogP contribution is 2.31. The molecule has 0 atom stereocenters. The first-order valence-corrected chi connectivity index (χ1v) is 7.61. The Balaban J connectivity index is 2.17. The summed E-state index contributed by atoms with van der Waals surface area (Å²) in [7, 11) is 0. The molecule has 6 nitrogen and oxygen atoms in total. The third kappa shape index (κ3) is 5.73. The third-order valence-corrected chi connectivity index (χ3v) is 4.18. The summed E-state index contributed by atoms with van der Waals surface area (Å²) in [4.78, 5) is 35.6. The van der Waals surface area contributed by atoms with Gasteiger partial charge in [0.2, 0.25) is 11.8 Å². The van der Waals surface area contributed by atoms with Gasteiger partial charge in [-0.2, -0.15) is 0 Å². The Morgan fingerprint density at radius 1 is 1.14 bits per heavy atom. The van der Waals surface area contributed by atoms with E-state index in [1.54, 1.807) is 11.8 Å². The predicted molar refractivity (Wildman–Crippen MR) is 78.7 cm³/mol. The Morgan fingerprint density at radius 3 is 2.29 bits per heavy atom. The van der Waals surface area contributed by atoms with Gasteiger partial charge in [-0.25, -0.2) is 0 Å². The van der Waals surface area contributed by atoms with E-state index in [1.165, 1.54) is 6.92 Å². The maximum Gasteiger partial charge on any atom is 0.309 e. The van der Waals surface area contributed by atoms with E-state index in [1.807, 2.05) is 0 Å². The van der Waals surface area contributed by atoms with Crippen LogP contribution in [-0.4, -0.2) is 47.4 Å². The molecule has 1 rings (SSSR count). The fourth-order valence-corrected chi connectivity index (χ4v) is 2.46. The Hall–Kier alpha value is -1.59. The number of carboxylic acids is 1. The number of aliphatic carboxylic acids is 1. The summed E-state index contributed by atoms with van der Waals surface area (Å²) in [5.41, 5.74) is -0.685. The first-order valence-electron chi connectivity index (χ1n) is 7.61. The van der Waals surface area contributed by atoms with Gasteiger partial charge >= 0.3 is 5.97 Å². The van der Waals surface area contributed by atoms with Gasteiger partial charge in [-0.05, 0) is 32.6 Å². The molecule has 120 valence electrons. The molecule has 0 unspecified atom stereocenters. The van der Waals surface area contributed by atoms with Crippen molar-refractivity contribution in [3.63, 3.8) is 0 Å². The van der Waals surface area contributed by atoms with E-state index < -0.39 is 11.4 Å². The Kier molecular flexibility index (Phi) is 6.65. The molecule has 0 aliphatic carbocycles. The lowest BCUT2D eigenvalue weighted by Gasteiger charge is -2.36. The lowest BCUT2D eigenvalue weighted by atomic mass is 9.80. The van der Waals surface area contributed by atoms with Crippen molar-refractivity contribution in [3.8, 4) is 0 Å². The quantitative estimate of drug-likeness (QED) is 0.695. The number of likely N-dealkylation sites (tertiary alicyclic amines) is 1. The molecule has 0 aromatic heterocycles. The number of nitrogens with one attached hydrogen (secondary N) is 1. The van der Waals surface area contributed by atoms with Gasteiger partial charge in [-0.15, -0.1) is 0 Å². The highest BCUT2D eigenvalue weighted by atomic mass is 16.4. The number of hydrogen-bond acceptors (Lipinski definition) is 3. The summed E-state index contributed by atoms with van der Waals surface area (Å²) in [6.45, 7) is 4.97. The molecule has 0 spiro atoms. The average molecular weight is 298 g/mol. The predicted octanol–water partition coefficient (Wildman–Crippen LogP) is 1.40. The van der Waals surface area contributed by atoms with E-state index in [2.05, 4.69) is 5.32 Å². The number of amides is 2. The molecule has 0 radical (unpaired) electrons. The lowest BCUT2D eigenvalue weighted by Crippen LogP contribution is -2.45. The number of carbonyl (C=O) groups is 3. The minimum atomic E-state index is -0.771. The summed E-state index contributed by atoms with van der Waals surface area (Å²) in [6.07, 6.45) is 4.15. The minimum Gasteiger partial charge on any atom is -0.481 e. The Morgan fingerprint density at radius 2 is 1.76 bits per heavy atom. The summed E-state index contributed by atoms with van der Waals surface area (Å²) in [5, 5.41) is 11.9. The molecule has 2 N–H and O–H groups in total. The topological polar surface area (TPSA) is 86.7 Å². The molecule has 1 saturated heterocycles. The second-order valence-electron chi connectivity index (χ2n) is 6.04. The van der Waals surface area contributed by atoms with Crippen molar-refractivity contribution in [2.45, 2.75) is 52.4 Å². The van der Waals surface area contributed by atoms with Crippen LogP contribution < -0.4 is 5.32 Å². The maximum atomic E-state index is 12.0. The minimum absolute atomic E-state index is 0.0270. The van der Waals surface area contributed by atoms with Gasteiger partial charge in [0.15, 0.2) is 0 Å². The first-order chi connectivity index (χ1) is 9.85. The van der Waals surface area contributed by atoms with E-state index in [0.29, 0.717) is 38.9 Å². The monoisotopic (exact) mass is 298 g/mol. The maximum absolute atomic E-state index is 12.0. The van der Waals surface area contributed by atoms with Gasteiger partial charge in [0.25, 0.3) is 0 Å². The van der Waals surface area contributed by atoms with Crippen molar-refractivity contribution in [1.29, 1.82) is 0 Å². The van der Waals surface area contributed by atoms with E-state index in [0.717, 1.165) is 19.3 Å². The van der Waals surface area contributed by atoms with Crippen LogP contribution in [0.1, 0.15) is 52.4 Å². The van der Waals surface area contributed by atoms with Crippen molar-refractivity contribution < 1.29 is 19.5 Å². The zero-order chi connectivity index (χ0) is 15.9. The van der Waals surface area contributed by atoms with E-state index >= 15 is 0 Å². The first kappa shape index (κ1) is 17.5. The number of unbranched alkanes of at least 4 members (excludes halogenated alkanes) is 2. The number of rotatable bonds is 7. The molecule has 1 aliphatic heterocycles. The van der Waals surface area contributed by atoms with Crippen LogP contribution in [0, 0.1) is 5.41 Å². The molecule has 1 aliphatic rings. The van der Waals surface area contributed by atoms with Gasteiger partial charge in [0.1, 0.15) is 0 Å². The summed E-state index contributed by atoms with van der Waals surface area (Å²) in [6, 6.07) is 0. The fourth-order valence-electron chi connectivity index (χ4n) is 2.46. The van der Waals surface area contributed by atoms with E-state index in [4.69, 9.17) is 5.11 Å². The largest absolute Gasteiger partial charge is 0.481 e. The third-order valence-electron chi connectivity index (χ3n) is 4.18. The fraction of sp³-hybridized carbons (Fsp3) is 0.800. The second-order valence-corrected chi connectivity index (χ2v) is 6.04. The molecule has 1 heterocycles. The standard InChI is InChI=1S/C15H26N2O4/c1-12(18)16-9-5-3-4-6-13(19)17-10-7-15(2,8-11-17)14(20)21/h3-11H2,1-2H3,(H,16,18)(H,20,21). The molecular weight excluding hydrogens is 272 g/mol. The number of piperidine rings is 1. The van der Waals surface area contributed by atoms with Crippen LogP contribution in [0.4, 0.5) is 0 Å². The SMILES string of the molecule is CC(=O)NCCCCCC(=O)N1CCC(C)(C(=O)O)CC1. The molecule has 0 aromatic carbocycles. The van der Waals surface area contributed by atoms with Gasteiger partial charge in [-0.1, -0.05) is 6.42 Å². The van der Waals surface area contributed by atoms with Crippen molar-refractivity contribution in [3.05, 3.63) is 0 Å². The zero-order valence-electron chi connectivity index (χ0n) is 13.0. The second kappa shape index (κ2) is 8.00. The van der Waals surface area contributed by atoms with Gasteiger partial charge < -0.3 is 15.3 Å². The molecular formula is C15H26N2O4.